The first-order valence-electron chi connectivity index (χ1n) is 6.53. The van der Waals surface area contributed by atoms with Gasteiger partial charge in [-0.05, 0) is 56.6 Å². The van der Waals surface area contributed by atoms with Crippen molar-refractivity contribution < 1.29 is 13.9 Å². The molecule has 0 spiro atoms. The van der Waals surface area contributed by atoms with Crippen LogP contribution in [-0.2, 0) is 9.53 Å². The second kappa shape index (κ2) is 6.63. The monoisotopic (exact) mass is 266 g/mol. The number of amides is 1. The van der Waals surface area contributed by atoms with E-state index in [1.807, 2.05) is 0 Å². The third-order valence-electron chi connectivity index (χ3n) is 3.20. The maximum Gasteiger partial charge on any atom is 0.250 e. The maximum absolute atomic E-state index is 12.9. The van der Waals surface area contributed by atoms with E-state index < -0.39 is 0 Å². The minimum Gasteiger partial charge on any atom is -0.368 e. The molecule has 1 saturated heterocycles. The number of benzene rings is 1. The number of ether oxygens (including phenoxy) is 1. The number of carbonyl (C=O) groups excluding carboxylic acids is 1. The standard InChI is InChI=1S/C14H19FN2O2/c1-10-8-11(15)2-3-13(10)17-14(18)9-19-12-4-6-16-7-5-12/h2-3,8,12,16H,4-7,9H2,1H3,(H,17,18). The molecule has 1 amide bonds. The predicted octanol–water partition coefficient (Wildman–Crippen LogP) is 1.84. The van der Waals surface area contributed by atoms with Gasteiger partial charge in [0.2, 0.25) is 5.91 Å². The van der Waals surface area contributed by atoms with E-state index in [0.717, 1.165) is 25.9 Å². The van der Waals surface area contributed by atoms with Crippen LogP contribution in [-0.4, -0.2) is 31.7 Å². The number of piperidine rings is 1. The molecule has 5 heteroatoms. The Balaban J connectivity index is 1.80. The number of nitrogens with one attached hydrogen (secondary N) is 2. The van der Waals surface area contributed by atoms with Crippen LogP contribution < -0.4 is 10.6 Å². The molecule has 104 valence electrons. The fourth-order valence-corrected chi connectivity index (χ4v) is 2.11. The highest BCUT2D eigenvalue weighted by Gasteiger charge is 2.15. The Morgan fingerprint density at radius 3 is 2.89 bits per heavy atom. The highest BCUT2D eigenvalue weighted by molar-refractivity contribution is 5.92. The van der Waals surface area contributed by atoms with Gasteiger partial charge in [-0.1, -0.05) is 0 Å². The third-order valence-corrected chi connectivity index (χ3v) is 3.20. The second-order valence-electron chi connectivity index (χ2n) is 4.77. The molecular formula is C14H19FN2O2. The highest BCUT2D eigenvalue weighted by atomic mass is 19.1. The summed E-state index contributed by atoms with van der Waals surface area (Å²) in [4.78, 5) is 11.7. The summed E-state index contributed by atoms with van der Waals surface area (Å²) in [6, 6.07) is 4.28. The van der Waals surface area contributed by atoms with E-state index in [9.17, 15) is 9.18 Å². The number of hydrogen-bond donors (Lipinski definition) is 2. The van der Waals surface area contributed by atoms with Crippen LogP contribution in [0.1, 0.15) is 18.4 Å². The van der Waals surface area contributed by atoms with E-state index in [1.165, 1.54) is 12.1 Å². The van der Waals surface area contributed by atoms with E-state index in [4.69, 9.17) is 4.74 Å². The fraction of sp³-hybridized carbons (Fsp3) is 0.500. The van der Waals surface area contributed by atoms with Crippen LogP contribution in [0, 0.1) is 12.7 Å². The predicted molar refractivity (Wildman–Crippen MR) is 71.6 cm³/mol. The number of aryl methyl sites for hydroxylation is 1. The van der Waals surface area contributed by atoms with Gasteiger partial charge in [0.05, 0.1) is 6.10 Å². The summed E-state index contributed by atoms with van der Waals surface area (Å²) in [7, 11) is 0. The van der Waals surface area contributed by atoms with Crippen molar-refractivity contribution in [2.24, 2.45) is 0 Å². The molecule has 0 aliphatic carbocycles. The lowest BCUT2D eigenvalue weighted by Gasteiger charge is -2.22. The van der Waals surface area contributed by atoms with Crippen LogP contribution in [0.15, 0.2) is 18.2 Å². The Morgan fingerprint density at radius 1 is 1.47 bits per heavy atom. The van der Waals surface area contributed by atoms with Crippen LogP contribution in [0.5, 0.6) is 0 Å². The summed E-state index contributed by atoms with van der Waals surface area (Å²) >= 11 is 0. The zero-order valence-electron chi connectivity index (χ0n) is 11.0. The molecule has 0 aromatic heterocycles. The van der Waals surface area contributed by atoms with E-state index in [-0.39, 0.29) is 24.4 Å². The third kappa shape index (κ3) is 4.29. The number of hydrogen-bond acceptors (Lipinski definition) is 3. The lowest BCUT2D eigenvalue weighted by Crippen LogP contribution is -2.34. The van der Waals surface area contributed by atoms with Gasteiger partial charge in [-0.3, -0.25) is 4.79 Å². The van der Waals surface area contributed by atoms with Crippen molar-refractivity contribution in [3.63, 3.8) is 0 Å². The molecule has 19 heavy (non-hydrogen) atoms. The molecule has 0 atom stereocenters. The molecule has 1 aliphatic rings. The summed E-state index contributed by atoms with van der Waals surface area (Å²) in [5.41, 5.74) is 1.33. The van der Waals surface area contributed by atoms with Crippen molar-refractivity contribution in [1.82, 2.24) is 5.32 Å². The number of anilines is 1. The summed E-state index contributed by atoms with van der Waals surface area (Å²) in [5, 5.41) is 5.97. The molecule has 2 rings (SSSR count). The summed E-state index contributed by atoms with van der Waals surface area (Å²) < 4.78 is 18.5. The molecule has 1 aromatic rings. The van der Waals surface area contributed by atoms with Crippen molar-refractivity contribution in [2.75, 3.05) is 25.0 Å². The largest absolute Gasteiger partial charge is 0.368 e. The van der Waals surface area contributed by atoms with Gasteiger partial charge in [-0.15, -0.1) is 0 Å². The van der Waals surface area contributed by atoms with Crippen molar-refractivity contribution in [2.45, 2.75) is 25.9 Å². The van der Waals surface area contributed by atoms with E-state index in [2.05, 4.69) is 10.6 Å². The molecule has 4 nitrogen and oxygen atoms in total. The van der Waals surface area contributed by atoms with Crippen LogP contribution in [0.4, 0.5) is 10.1 Å². The minimum absolute atomic E-state index is 0.0431. The maximum atomic E-state index is 12.9. The molecule has 2 N–H and O–H groups in total. The molecule has 1 aliphatic heterocycles. The molecule has 0 saturated carbocycles. The SMILES string of the molecule is Cc1cc(F)ccc1NC(=O)COC1CCNCC1. The minimum atomic E-state index is -0.304. The molecule has 1 heterocycles. The lowest BCUT2D eigenvalue weighted by molar-refractivity contribution is -0.123. The van der Waals surface area contributed by atoms with Crippen molar-refractivity contribution in [3.8, 4) is 0 Å². The molecule has 0 unspecified atom stereocenters. The fourth-order valence-electron chi connectivity index (χ4n) is 2.11. The van der Waals surface area contributed by atoms with Crippen LogP contribution >= 0.6 is 0 Å². The number of halogens is 1. The quantitative estimate of drug-likeness (QED) is 0.874. The summed E-state index contributed by atoms with van der Waals surface area (Å²) in [5.74, 6) is -0.505. The Morgan fingerprint density at radius 2 is 2.21 bits per heavy atom. The first-order valence-corrected chi connectivity index (χ1v) is 6.53. The van der Waals surface area contributed by atoms with Gasteiger partial charge in [-0.2, -0.15) is 0 Å². The second-order valence-corrected chi connectivity index (χ2v) is 4.77. The van der Waals surface area contributed by atoms with Crippen molar-refractivity contribution >= 4 is 11.6 Å². The molecular weight excluding hydrogens is 247 g/mol. The van der Waals surface area contributed by atoms with Gasteiger partial charge in [0.15, 0.2) is 0 Å². The summed E-state index contributed by atoms with van der Waals surface area (Å²) in [6.07, 6.45) is 2.02. The van der Waals surface area contributed by atoms with E-state index >= 15 is 0 Å². The normalized spacial score (nSPS) is 16.3. The van der Waals surface area contributed by atoms with Gasteiger partial charge in [0, 0.05) is 5.69 Å². The van der Waals surface area contributed by atoms with E-state index in [0.29, 0.717) is 11.3 Å². The van der Waals surface area contributed by atoms with Gasteiger partial charge in [0.1, 0.15) is 12.4 Å². The van der Waals surface area contributed by atoms with Crippen LogP contribution in [0.2, 0.25) is 0 Å². The number of rotatable bonds is 4. The first kappa shape index (κ1) is 14.0. The zero-order chi connectivity index (χ0) is 13.7. The lowest BCUT2D eigenvalue weighted by atomic mass is 10.1. The summed E-state index contributed by atoms with van der Waals surface area (Å²) in [6.45, 7) is 3.67. The zero-order valence-corrected chi connectivity index (χ0v) is 11.0. The van der Waals surface area contributed by atoms with Crippen molar-refractivity contribution in [1.29, 1.82) is 0 Å². The van der Waals surface area contributed by atoms with Gasteiger partial charge in [0.25, 0.3) is 0 Å². The molecule has 0 bridgehead atoms. The van der Waals surface area contributed by atoms with Gasteiger partial charge >= 0.3 is 0 Å². The topological polar surface area (TPSA) is 50.4 Å². The Bertz CT molecular complexity index is 445. The van der Waals surface area contributed by atoms with Crippen LogP contribution in [0.3, 0.4) is 0 Å². The van der Waals surface area contributed by atoms with Gasteiger partial charge < -0.3 is 15.4 Å². The Labute approximate surface area is 112 Å². The number of carbonyl (C=O) groups is 1. The average molecular weight is 266 g/mol. The Hall–Kier alpha value is -1.46. The smallest absolute Gasteiger partial charge is 0.250 e. The molecule has 0 radical (unpaired) electrons. The Kier molecular flexibility index (Phi) is 4.87. The van der Waals surface area contributed by atoms with Crippen molar-refractivity contribution in [3.05, 3.63) is 29.6 Å². The molecule has 1 fully saturated rings. The van der Waals surface area contributed by atoms with Crippen LogP contribution in [0.25, 0.3) is 0 Å². The van der Waals surface area contributed by atoms with Gasteiger partial charge in [-0.25, -0.2) is 4.39 Å². The van der Waals surface area contributed by atoms with E-state index in [1.54, 1.807) is 13.0 Å². The molecule has 1 aromatic carbocycles. The average Bonchev–Trinajstić information content (AvgIpc) is 2.41. The first-order chi connectivity index (χ1) is 9.15. The highest BCUT2D eigenvalue weighted by Crippen LogP contribution is 2.15.